The molecule has 0 aliphatic carbocycles. The van der Waals surface area contributed by atoms with Gasteiger partial charge in [-0.1, -0.05) is 39.8 Å². The Hall–Kier alpha value is -3.81. The summed E-state index contributed by atoms with van der Waals surface area (Å²) in [7, 11) is 0. The standard InChI is InChI=1S/C35H46FN7O4S/c1-22(2)17-27-34(45)41(25-13-15-40(16-14-25)20-30(37-6)38-19-24(5)36)21-32-42(27)35(46)28(18-23(3)4)47-43(32)33(44)12-11-31-39-26-9-7-8-10-29(26)48-31/h7-12,19,22-23,25,27-28,32H,6,13-18,20-21H2,1-5H3/b12-11+,24-19+,38-30?/t27-,28+,32-/m0/s1. The minimum Gasteiger partial charge on any atom is -0.334 e. The molecule has 3 aliphatic heterocycles. The van der Waals surface area contributed by atoms with Crippen LogP contribution in [0.15, 0.2) is 52.4 Å². The fourth-order valence-corrected chi connectivity index (χ4v) is 7.47. The maximum atomic E-state index is 14.3. The molecule has 3 saturated heterocycles. The van der Waals surface area contributed by atoms with E-state index in [9.17, 15) is 18.8 Å². The summed E-state index contributed by atoms with van der Waals surface area (Å²) < 4.78 is 14.2. The van der Waals surface area contributed by atoms with Crippen LogP contribution in [0.5, 0.6) is 0 Å². The summed E-state index contributed by atoms with van der Waals surface area (Å²) in [5.41, 5.74) is 0.859. The first-order chi connectivity index (χ1) is 22.9. The molecule has 258 valence electrons. The molecule has 3 fully saturated rings. The van der Waals surface area contributed by atoms with Crippen LogP contribution in [0.1, 0.15) is 65.3 Å². The minimum absolute atomic E-state index is 0.0886. The van der Waals surface area contributed by atoms with Gasteiger partial charge in [0.05, 0.1) is 29.5 Å². The molecule has 48 heavy (non-hydrogen) atoms. The molecule has 4 heterocycles. The number of amidine groups is 1. The topological polar surface area (TPSA) is 111 Å². The molecule has 0 spiro atoms. The lowest BCUT2D eigenvalue weighted by Gasteiger charge is -2.55. The first-order valence-electron chi connectivity index (χ1n) is 16.7. The van der Waals surface area contributed by atoms with Crippen molar-refractivity contribution in [2.24, 2.45) is 21.8 Å². The highest BCUT2D eigenvalue weighted by Gasteiger charge is 2.53. The van der Waals surface area contributed by atoms with Crippen LogP contribution in [0, 0.1) is 11.8 Å². The number of hydrogen-bond donors (Lipinski definition) is 0. The van der Waals surface area contributed by atoms with Crippen molar-refractivity contribution < 1.29 is 23.6 Å². The molecule has 0 N–H and O–H groups in total. The molecule has 1 aromatic heterocycles. The van der Waals surface area contributed by atoms with Gasteiger partial charge in [-0.3, -0.25) is 24.1 Å². The predicted octanol–water partition coefficient (Wildman–Crippen LogP) is 5.30. The number of thiazole rings is 1. The summed E-state index contributed by atoms with van der Waals surface area (Å²) >= 11 is 1.49. The van der Waals surface area contributed by atoms with Crippen molar-refractivity contribution in [2.45, 2.75) is 84.7 Å². The molecule has 11 nitrogen and oxygen atoms in total. The Balaban J connectivity index is 1.39. The fraction of sp³-hybridized carbons (Fsp3) is 0.543. The minimum atomic E-state index is -0.872. The third-order valence-electron chi connectivity index (χ3n) is 8.84. The number of allylic oxidation sites excluding steroid dienone is 1. The molecule has 0 unspecified atom stereocenters. The molecule has 3 amide bonds. The number of hydroxylamine groups is 2. The van der Waals surface area contributed by atoms with Gasteiger partial charge in [0.15, 0.2) is 12.3 Å². The van der Waals surface area contributed by atoms with Crippen LogP contribution in [0.2, 0.25) is 0 Å². The molecular formula is C35H46FN7O4S. The fourth-order valence-electron chi connectivity index (χ4n) is 6.60. The molecule has 3 atom stereocenters. The van der Waals surface area contributed by atoms with Crippen LogP contribution in [0.4, 0.5) is 4.39 Å². The monoisotopic (exact) mass is 679 g/mol. The van der Waals surface area contributed by atoms with Crippen molar-refractivity contribution >= 4 is 57.9 Å². The molecule has 1 aromatic carbocycles. The molecule has 0 bridgehead atoms. The van der Waals surface area contributed by atoms with Crippen molar-refractivity contribution in [1.82, 2.24) is 24.7 Å². The normalized spacial score (nSPS) is 23.7. The van der Waals surface area contributed by atoms with Gasteiger partial charge in [-0.15, -0.1) is 11.3 Å². The van der Waals surface area contributed by atoms with Gasteiger partial charge in [-0.05, 0) is 69.4 Å². The number of amides is 3. The van der Waals surface area contributed by atoms with E-state index in [0.717, 1.165) is 16.4 Å². The Morgan fingerprint density at radius 1 is 1.12 bits per heavy atom. The summed E-state index contributed by atoms with van der Waals surface area (Å²) in [4.78, 5) is 66.8. The molecule has 13 heteroatoms. The lowest BCUT2D eigenvalue weighted by molar-refractivity contribution is -0.275. The Bertz CT molecular complexity index is 1560. The Kier molecular flexibility index (Phi) is 11.5. The average Bonchev–Trinajstić information content (AvgIpc) is 3.47. The summed E-state index contributed by atoms with van der Waals surface area (Å²) in [6.45, 7) is 14.9. The number of likely N-dealkylation sites (tertiary alicyclic amines) is 1. The highest BCUT2D eigenvalue weighted by Crippen LogP contribution is 2.34. The number of benzene rings is 1. The SMILES string of the molecule is C=NC(CN1CCC(N2C[C@@H]3N(C(=O)/C=C/c4nc5ccccc5s4)O[C@H](CC(C)C)C(=O)N3[C@@H](CC(C)C)C2=O)CC1)=N/C=C(\C)F. The number of piperidine rings is 1. The number of carbonyl (C=O) groups excluding carboxylic acids is 3. The van der Waals surface area contributed by atoms with Crippen molar-refractivity contribution in [3.8, 4) is 0 Å². The van der Waals surface area contributed by atoms with E-state index in [1.165, 1.54) is 29.4 Å². The maximum absolute atomic E-state index is 14.3. The number of nitrogens with zero attached hydrogens (tertiary/aromatic N) is 7. The van der Waals surface area contributed by atoms with Gasteiger partial charge in [0, 0.05) is 25.2 Å². The number of halogens is 1. The summed E-state index contributed by atoms with van der Waals surface area (Å²) in [6, 6.07) is 6.99. The van der Waals surface area contributed by atoms with E-state index in [0.29, 0.717) is 56.2 Å². The second-order valence-electron chi connectivity index (χ2n) is 13.5. The van der Waals surface area contributed by atoms with Crippen LogP contribution in [-0.2, 0) is 19.2 Å². The van der Waals surface area contributed by atoms with Gasteiger partial charge in [0.2, 0.25) is 5.91 Å². The highest BCUT2D eigenvalue weighted by atomic mass is 32.1. The van der Waals surface area contributed by atoms with E-state index < -0.39 is 30.0 Å². The van der Waals surface area contributed by atoms with Crippen molar-refractivity contribution in [3.05, 3.63) is 47.4 Å². The molecule has 2 aromatic rings. The van der Waals surface area contributed by atoms with Crippen LogP contribution in [-0.4, -0.2) is 106 Å². The molecular weight excluding hydrogens is 633 g/mol. The van der Waals surface area contributed by atoms with E-state index >= 15 is 0 Å². The van der Waals surface area contributed by atoms with E-state index in [1.54, 1.807) is 11.0 Å². The van der Waals surface area contributed by atoms with E-state index in [4.69, 9.17) is 4.84 Å². The number of aromatic nitrogens is 1. The lowest BCUT2D eigenvalue weighted by Crippen LogP contribution is -2.74. The van der Waals surface area contributed by atoms with Crippen molar-refractivity contribution in [2.75, 3.05) is 26.2 Å². The second kappa shape index (κ2) is 15.6. The van der Waals surface area contributed by atoms with Crippen LogP contribution in [0.3, 0.4) is 0 Å². The van der Waals surface area contributed by atoms with E-state index in [1.807, 2.05) is 56.9 Å². The van der Waals surface area contributed by atoms with Crippen molar-refractivity contribution in [1.29, 1.82) is 0 Å². The van der Waals surface area contributed by atoms with Gasteiger partial charge in [-0.25, -0.2) is 19.4 Å². The number of carbonyl (C=O) groups is 3. The van der Waals surface area contributed by atoms with Gasteiger partial charge in [0.25, 0.3) is 11.8 Å². The first kappa shape index (κ1) is 35.5. The second-order valence-corrected chi connectivity index (χ2v) is 14.6. The zero-order valence-corrected chi connectivity index (χ0v) is 29.2. The van der Waals surface area contributed by atoms with Gasteiger partial charge in [-0.2, -0.15) is 5.06 Å². The smallest absolute Gasteiger partial charge is 0.272 e. The van der Waals surface area contributed by atoms with Crippen molar-refractivity contribution in [3.63, 3.8) is 0 Å². The molecule has 5 rings (SSSR count). The number of aliphatic imine (C=N–C) groups is 2. The van der Waals surface area contributed by atoms with E-state index in [2.05, 4.69) is 26.6 Å². The van der Waals surface area contributed by atoms with Crippen LogP contribution < -0.4 is 0 Å². The number of fused-ring (bicyclic) bond motifs is 2. The predicted molar refractivity (Wildman–Crippen MR) is 187 cm³/mol. The third-order valence-corrected chi connectivity index (χ3v) is 9.84. The lowest BCUT2D eigenvalue weighted by atomic mass is 9.93. The number of para-hydroxylation sites is 1. The van der Waals surface area contributed by atoms with Crippen LogP contribution >= 0.6 is 11.3 Å². The molecule has 3 aliphatic rings. The quantitative estimate of drug-likeness (QED) is 0.192. The number of piperazine rings is 1. The summed E-state index contributed by atoms with van der Waals surface area (Å²) in [5, 5.41) is 2.01. The number of hydrogen-bond acceptors (Lipinski definition) is 8. The average molecular weight is 680 g/mol. The first-order valence-corrected chi connectivity index (χ1v) is 17.5. The maximum Gasteiger partial charge on any atom is 0.272 e. The largest absolute Gasteiger partial charge is 0.334 e. The Labute approximate surface area is 285 Å². The summed E-state index contributed by atoms with van der Waals surface area (Å²) in [5.74, 6) is -0.460. The van der Waals surface area contributed by atoms with Crippen LogP contribution in [0.25, 0.3) is 16.3 Å². The molecule has 0 radical (unpaired) electrons. The van der Waals surface area contributed by atoms with Gasteiger partial charge < -0.3 is 9.80 Å². The van der Waals surface area contributed by atoms with E-state index in [-0.39, 0.29) is 36.2 Å². The summed E-state index contributed by atoms with van der Waals surface area (Å²) in [6.07, 6.45) is 4.88. The van der Waals surface area contributed by atoms with Gasteiger partial charge >= 0.3 is 0 Å². The number of rotatable bonds is 10. The molecule has 0 saturated carbocycles. The Morgan fingerprint density at radius 2 is 1.83 bits per heavy atom. The van der Waals surface area contributed by atoms with Gasteiger partial charge in [0.1, 0.15) is 22.7 Å². The zero-order chi connectivity index (χ0) is 34.5. The zero-order valence-electron chi connectivity index (χ0n) is 28.4. The third kappa shape index (κ3) is 8.24. The Morgan fingerprint density at radius 3 is 2.48 bits per heavy atom. The highest BCUT2D eigenvalue weighted by molar-refractivity contribution is 7.19.